The summed E-state index contributed by atoms with van der Waals surface area (Å²) in [7, 11) is 0. The molecule has 3 rings (SSSR count). The second-order valence-electron chi connectivity index (χ2n) is 5.11. The molecular weight excluding hydrogens is 271 g/mol. The highest BCUT2D eigenvalue weighted by molar-refractivity contribution is 7.71. The lowest BCUT2D eigenvalue weighted by molar-refractivity contribution is 0.483. The van der Waals surface area contributed by atoms with Crippen molar-refractivity contribution < 1.29 is 4.39 Å². The number of imidazole rings is 1. The van der Waals surface area contributed by atoms with E-state index in [1.54, 1.807) is 6.07 Å². The van der Waals surface area contributed by atoms with Crippen molar-refractivity contribution in [3.8, 4) is 0 Å². The monoisotopic (exact) mass is 284 g/mol. The van der Waals surface area contributed by atoms with Gasteiger partial charge in [-0.05, 0) is 37.5 Å². The minimum absolute atomic E-state index is 0.142. The number of hydrogen-bond donors (Lipinski definition) is 1. The number of halogens is 2. The topological polar surface area (TPSA) is 20.7 Å². The van der Waals surface area contributed by atoms with E-state index in [2.05, 4.69) is 11.9 Å². The van der Waals surface area contributed by atoms with Gasteiger partial charge in [0.05, 0.1) is 16.1 Å². The van der Waals surface area contributed by atoms with Crippen LogP contribution in [-0.4, -0.2) is 9.55 Å². The lowest BCUT2D eigenvalue weighted by atomic mass is 10.1. The van der Waals surface area contributed by atoms with E-state index in [1.807, 2.05) is 4.57 Å². The summed E-state index contributed by atoms with van der Waals surface area (Å²) in [5.41, 5.74) is 1.60. The number of aromatic amines is 1. The molecule has 0 amide bonds. The Balaban J connectivity index is 2.11. The molecule has 2 nitrogen and oxygen atoms in total. The number of nitrogens with one attached hydrogen (secondary N) is 1. The number of fused-ring (bicyclic) bond motifs is 1. The average Bonchev–Trinajstić information content (AvgIpc) is 3.03. The van der Waals surface area contributed by atoms with E-state index in [-0.39, 0.29) is 5.02 Å². The van der Waals surface area contributed by atoms with Gasteiger partial charge in [-0.1, -0.05) is 24.4 Å². The number of nitrogens with zero attached hydrogens (tertiary/aromatic N) is 1. The van der Waals surface area contributed by atoms with Gasteiger partial charge in [-0.25, -0.2) is 4.39 Å². The van der Waals surface area contributed by atoms with Gasteiger partial charge in [0.25, 0.3) is 0 Å². The third-order valence-electron chi connectivity index (χ3n) is 3.57. The molecule has 1 fully saturated rings. The van der Waals surface area contributed by atoms with Crippen LogP contribution in [-0.2, 0) is 0 Å². The minimum Gasteiger partial charge on any atom is -0.330 e. The fraction of sp³-hybridized carbons (Fsp3) is 0.462. The summed E-state index contributed by atoms with van der Waals surface area (Å²) in [6, 6.07) is 3.38. The zero-order chi connectivity index (χ0) is 12.9. The van der Waals surface area contributed by atoms with Gasteiger partial charge in [-0.15, -0.1) is 0 Å². The summed E-state index contributed by atoms with van der Waals surface area (Å²) in [4.78, 5) is 3.05. The molecule has 1 N–H and O–H groups in total. The number of benzene rings is 1. The quantitative estimate of drug-likeness (QED) is 0.799. The van der Waals surface area contributed by atoms with Crippen LogP contribution >= 0.6 is 23.8 Å². The second-order valence-corrected chi connectivity index (χ2v) is 5.91. The summed E-state index contributed by atoms with van der Waals surface area (Å²) in [6.45, 7) is 2.15. The second kappa shape index (κ2) is 4.35. The van der Waals surface area contributed by atoms with Gasteiger partial charge in [0.1, 0.15) is 5.82 Å². The van der Waals surface area contributed by atoms with Gasteiger partial charge in [-0.2, -0.15) is 0 Å². The first kappa shape index (κ1) is 12.2. The number of aromatic nitrogens is 2. The highest BCUT2D eigenvalue weighted by Crippen LogP contribution is 2.38. The Labute approximate surface area is 115 Å². The number of rotatable bonds is 3. The molecule has 1 saturated carbocycles. The molecule has 1 atom stereocenters. The minimum atomic E-state index is -0.414. The molecule has 0 saturated heterocycles. The molecule has 0 aliphatic heterocycles. The van der Waals surface area contributed by atoms with Crippen LogP contribution in [0, 0.1) is 16.5 Å². The first-order valence-corrected chi connectivity index (χ1v) is 6.94. The Kier molecular flexibility index (Phi) is 2.94. The predicted octanol–water partition coefficient (Wildman–Crippen LogP) is 4.85. The number of H-pyrrole nitrogens is 1. The molecule has 0 radical (unpaired) electrons. The lowest BCUT2D eigenvalue weighted by Crippen LogP contribution is -2.06. The van der Waals surface area contributed by atoms with Crippen LogP contribution in [0.15, 0.2) is 12.1 Å². The molecule has 1 unspecified atom stereocenters. The SMILES string of the molecule is CC(CC1CC1)n1c(=S)[nH]c2cc(F)c(Cl)cc21. The third kappa shape index (κ3) is 2.08. The Morgan fingerprint density at radius 3 is 2.94 bits per heavy atom. The van der Waals surface area contributed by atoms with Crippen LogP contribution < -0.4 is 0 Å². The average molecular weight is 285 g/mol. The normalized spacial score (nSPS) is 17.3. The third-order valence-corrected chi connectivity index (χ3v) is 4.16. The predicted molar refractivity (Wildman–Crippen MR) is 74.1 cm³/mol. The molecule has 1 heterocycles. The van der Waals surface area contributed by atoms with E-state index in [9.17, 15) is 4.39 Å². The van der Waals surface area contributed by atoms with Crippen LogP contribution in [0.5, 0.6) is 0 Å². The maximum Gasteiger partial charge on any atom is 0.178 e. The summed E-state index contributed by atoms with van der Waals surface area (Å²) in [5.74, 6) is 0.408. The van der Waals surface area contributed by atoms with Crippen molar-refractivity contribution >= 4 is 34.9 Å². The highest BCUT2D eigenvalue weighted by atomic mass is 35.5. The van der Waals surface area contributed by atoms with Crippen LogP contribution in [0.3, 0.4) is 0 Å². The van der Waals surface area contributed by atoms with Gasteiger partial charge >= 0.3 is 0 Å². The van der Waals surface area contributed by atoms with Crippen molar-refractivity contribution in [1.29, 1.82) is 0 Å². The van der Waals surface area contributed by atoms with Crippen molar-refractivity contribution in [2.24, 2.45) is 5.92 Å². The Bertz CT molecular complexity index is 657. The molecule has 18 heavy (non-hydrogen) atoms. The van der Waals surface area contributed by atoms with Crippen LogP contribution in [0.25, 0.3) is 11.0 Å². The van der Waals surface area contributed by atoms with E-state index in [1.165, 1.54) is 18.9 Å². The molecule has 96 valence electrons. The maximum absolute atomic E-state index is 13.4. The van der Waals surface area contributed by atoms with Crippen molar-refractivity contribution in [2.75, 3.05) is 0 Å². The van der Waals surface area contributed by atoms with E-state index in [0.717, 1.165) is 17.9 Å². The Hall–Kier alpha value is -0.870. The van der Waals surface area contributed by atoms with E-state index >= 15 is 0 Å². The molecule has 1 aromatic carbocycles. The molecule has 2 aromatic rings. The summed E-state index contributed by atoms with van der Waals surface area (Å²) >= 11 is 11.2. The first-order chi connectivity index (χ1) is 8.56. The highest BCUT2D eigenvalue weighted by Gasteiger charge is 2.25. The van der Waals surface area contributed by atoms with E-state index in [0.29, 0.717) is 16.3 Å². The fourth-order valence-electron chi connectivity index (χ4n) is 2.50. The number of hydrogen-bond acceptors (Lipinski definition) is 1. The van der Waals surface area contributed by atoms with Crippen LogP contribution in [0.1, 0.15) is 32.2 Å². The fourth-order valence-corrected chi connectivity index (χ4v) is 3.05. The van der Waals surface area contributed by atoms with Gasteiger partial charge in [0.15, 0.2) is 4.77 Å². The molecule has 0 bridgehead atoms. The van der Waals surface area contributed by atoms with E-state index < -0.39 is 5.82 Å². The van der Waals surface area contributed by atoms with Crippen molar-refractivity contribution in [1.82, 2.24) is 9.55 Å². The molecule has 0 spiro atoms. The van der Waals surface area contributed by atoms with Gasteiger partial charge in [-0.3, -0.25) is 0 Å². The smallest absolute Gasteiger partial charge is 0.178 e. The Morgan fingerprint density at radius 2 is 2.28 bits per heavy atom. The summed E-state index contributed by atoms with van der Waals surface area (Å²) in [5, 5.41) is 0.142. The first-order valence-electron chi connectivity index (χ1n) is 6.15. The summed E-state index contributed by atoms with van der Waals surface area (Å²) < 4.78 is 16.1. The van der Waals surface area contributed by atoms with Crippen LogP contribution in [0.4, 0.5) is 4.39 Å². The molecular formula is C13H14ClFN2S. The van der Waals surface area contributed by atoms with E-state index in [4.69, 9.17) is 23.8 Å². The zero-order valence-corrected chi connectivity index (χ0v) is 11.6. The Morgan fingerprint density at radius 1 is 1.56 bits per heavy atom. The molecule has 1 aromatic heterocycles. The van der Waals surface area contributed by atoms with Gasteiger partial charge < -0.3 is 9.55 Å². The zero-order valence-electron chi connectivity index (χ0n) is 10.0. The summed E-state index contributed by atoms with van der Waals surface area (Å²) in [6.07, 6.45) is 3.75. The lowest BCUT2D eigenvalue weighted by Gasteiger charge is -2.14. The van der Waals surface area contributed by atoms with Gasteiger partial charge in [0.2, 0.25) is 0 Å². The van der Waals surface area contributed by atoms with Crippen molar-refractivity contribution in [2.45, 2.75) is 32.2 Å². The molecule has 1 aliphatic carbocycles. The largest absolute Gasteiger partial charge is 0.330 e. The molecule has 5 heteroatoms. The van der Waals surface area contributed by atoms with Gasteiger partial charge in [0, 0.05) is 12.1 Å². The van der Waals surface area contributed by atoms with Crippen LogP contribution in [0.2, 0.25) is 5.02 Å². The van der Waals surface area contributed by atoms with Crippen molar-refractivity contribution in [3.63, 3.8) is 0 Å². The molecule has 1 aliphatic rings. The standard InChI is InChI=1S/C13H14ClFN2S/c1-7(4-8-2-3-8)17-12-5-9(14)10(15)6-11(12)16-13(17)18/h5-8H,2-4H2,1H3,(H,16,18). The van der Waals surface area contributed by atoms with Crippen molar-refractivity contribution in [3.05, 3.63) is 27.7 Å². The maximum atomic E-state index is 13.4.